The van der Waals surface area contributed by atoms with E-state index in [1.54, 1.807) is 42.5 Å². The third-order valence-corrected chi connectivity index (χ3v) is 7.72. The predicted molar refractivity (Wildman–Crippen MR) is 152 cm³/mol. The average Bonchev–Trinajstić information content (AvgIpc) is 3.45. The molecule has 10 nitrogen and oxygen atoms in total. The molecular weight excluding hydrogens is 546 g/mol. The van der Waals surface area contributed by atoms with Crippen molar-refractivity contribution in [1.29, 1.82) is 0 Å². The highest BCUT2D eigenvalue weighted by Crippen LogP contribution is 2.41. The van der Waals surface area contributed by atoms with Gasteiger partial charge in [0.1, 0.15) is 30.6 Å². The van der Waals surface area contributed by atoms with Crippen LogP contribution in [-0.4, -0.2) is 64.0 Å². The van der Waals surface area contributed by atoms with Crippen molar-refractivity contribution in [2.24, 2.45) is 0 Å². The molecule has 0 aliphatic carbocycles. The van der Waals surface area contributed by atoms with Crippen molar-refractivity contribution < 1.29 is 33.8 Å². The van der Waals surface area contributed by atoms with Gasteiger partial charge < -0.3 is 25.4 Å². The topological polar surface area (TPSA) is 142 Å². The highest BCUT2D eigenvalue weighted by atomic mass is 32.2. The lowest BCUT2D eigenvalue weighted by Gasteiger charge is -2.30. The number of alkyl carbamates (subject to hydrolysis) is 1. The van der Waals surface area contributed by atoms with Gasteiger partial charge in [-0.05, 0) is 16.7 Å². The number of ether oxygens (including phenoxy) is 1. The van der Waals surface area contributed by atoms with Crippen molar-refractivity contribution in [3.8, 4) is 0 Å². The predicted octanol–water partition coefficient (Wildman–Crippen LogP) is 2.94. The maximum atomic E-state index is 13.5. The smallest absolute Gasteiger partial charge is 0.407 e. The molecule has 3 atom stereocenters. The van der Waals surface area contributed by atoms with Gasteiger partial charge in [-0.1, -0.05) is 91.0 Å². The molecule has 0 aromatic heterocycles. The molecule has 11 heteroatoms. The van der Waals surface area contributed by atoms with Crippen LogP contribution in [0.3, 0.4) is 0 Å². The van der Waals surface area contributed by atoms with Gasteiger partial charge in [0.05, 0.1) is 0 Å². The van der Waals surface area contributed by atoms with E-state index < -0.39 is 53.7 Å². The number of benzene rings is 3. The highest BCUT2D eigenvalue weighted by molar-refractivity contribution is 7.99. The molecule has 0 bridgehead atoms. The first-order valence-corrected chi connectivity index (χ1v) is 13.9. The quantitative estimate of drug-likeness (QED) is 0.296. The lowest BCUT2D eigenvalue weighted by molar-refractivity contribution is -0.150. The van der Waals surface area contributed by atoms with E-state index in [2.05, 4.69) is 10.6 Å². The molecule has 4 rings (SSSR count). The van der Waals surface area contributed by atoms with E-state index in [0.717, 1.165) is 11.1 Å². The van der Waals surface area contributed by atoms with E-state index in [4.69, 9.17) is 4.74 Å². The van der Waals surface area contributed by atoms with Crippen LogP contribution < -0.4 is 10.6 Å². The minimum Gasteiger partial charge on any atom is -0.475 e. The van der Waals surface area contributed by atoms with Crippen LogP contribution in [-0.2, 0) is 36.9 Å². The molecule has 3 aromatic carbocycles. The second-order valence-corrected chi connectivity index (χ2v) is 10.4. The van der Waals surface area contributed by atoms with Crippen LogP contribution in [0.5, 0.6) is 0 Å². The number of carbonyl (C=O) groups excluding carboxylic acids is 4. The Morgan fingerprint density at radius 3 is 2.07 bits per heavy atom. The van der Waals surface area contributed by atoms with E-state index in [1.807, 2.05) is 48.5 Å². The number of rotatable bonds is 11. The Morgan fingerprint density at radius 2 is 1.46 bits per heavy atom. The number of carbonyl (C=O) groups is 5. The lowest BCUT2D eigenvalue weighted by atomic mass is 10.0. The molecule has 0 spiro atoms. The van der Waals surface area contributed by atoms with Gasteiger partial charge >= 0.3 is 12.1 Å². The largest absolute Gasteiger partial charge is 0.475 e. The summed E-state index contributed by atoms with van der Waals surface area (Å²) >= 11 is 1.35. The van der Waals surface area contributed by atoms with Crippen molar-refractivity contribution in [2.75, 3.05) is 12.3 Å². The molecule has 1 saturated heterocycles. The summed E-state index contributed by atoms with van der Waals surface area (Å²) in [5, 5.41) is 13.8. The molecule has 3 amide bonds. The van der Waals surface area contributed by atoms with Crippen molar-refractivity contribution in [1.82, 2.24) is 15.5 Å². The van der Waals surface area contributed by atoms with Crippen molar-refractivity contribution in [3.63, 3.8) is 0 Å². The number of aliphatic carboxylic acids is 1. The van der Waals surface area contributed by atoms with E-state index >= 15 is 0 Å². The van der Waals surface area contributed by atoms with Gasteiger partial charge in [-0.2, -0.15) is 0 Å². The van der Waals surface area contributed by atoms with Crippen LogP contribution in [0.2, 0.25) is 0 Å². The Hall–Kier alpha value is -4.64. The average molecular weight is 576 g/mol. The van der Waals surface area contributed by atoms with E-state index in [-0.39, 0.29) is 18.8 Å². The molecule has 1 fully saturated rings. The zero-order chi connectivity index (χ0) is 29.2. The number of nitrogens with zero attached hydrogens (tertiary/aromatic N) is 1. The van der Waals surface area contributed by atoms with Crippen molar-refractivity contribution in [3.05, 3.63) is 108 Å². The van der Waals surface area contributed by atoms with Crippen LogP contribution in [0.4, 0.5) is 4.79 Å². The summed E-state index contributed by atoms with van der Waals surface area (Å²) in [6.07, 6.45) is -0.816. The van der Waals surface area contributed by atoms with Crippen LogP contribution >= 0.6 is 11.8 Å². The fourth-order valence-electron chi connectivity index (χ4n) is 4.38. The fraction of sp³-hybridized carbons (Fsp3) is 0.233. The molecule has 1 aliphatic rings. The van der Waals surface area contributed by atoms with Gasteiger partial charge in [0.15, 0.2) is 0 Å². The van der Waals surface area contributed by atoms with Crippen molar-refractivity contribution in [2.45, 2.75) is 30.5 Å². The summed E-state index contributed by atoms with van der Waals surface area (Å²) in [5.74, 6) is -3.82. The number of hydrogen-bond donors (Lipinski definition) is 3. The Bertz CT molecular complexity index is 1370. The first-order valence-electron chi connectivity index (χ1n) is 12.9. The van der Waals surface area contributed by atoms with Gasteiger partial charge in [0, 0.05) is 12.2 Å². The molecule has 1 aliphatic heterocycles. The number of carboxylic acids is 1. The van der Waals surface area contributed by atoms with Crippen molar-refractivity contribution >= 4 is 41.4 Å². The standard InChI is InChI=1S/C30H29N3O7S/c34-25(17-31-30(39)40-18-21-12-6-2-7-13-21)33-24(19-41-28(33)22-14-8-3-9-15-22)27(36)32-23(26(35)29(37)38)16-20-10-4-1-5-11-20/h1-15,23-24,28H,16-19H2,(H,31,39)(H,32,36)(H,37,38)/t23-,24-,28?/m0/s1. The zero-order valence-corrected chi connectivity index (χ0v) is 22.8. The van der Waals surface area contributed by atoms with Gasteiger partial charge in [-0.15, -0.1) is 11.8 Å². The normalized spacial score (nSPS) is 16.8. The number of thioether (sulfide) groups is 1. The molecule has 1 heterocycles. The molecule has 0 radical (unpaired) electrons. The summed E-state index contributed by atoms with van der Waals surface area (Å²) in [6.45, 7) is -0.401. The molecule has 212 valence electrons. The maximum absolute atomic E-state index is 13.5. The van der Waals surface area contributed by atoms with Crippen LogP contribution in [0.25, 0.3) is 0 Å². The summed E-state index contributed by atoms with van der Waals surface area (Å²) in [6, 6.07) is 24.6. The summed E-state index contributed by atoms with van der Waals surface area (Å²) in [4.78, 5) is 64.6. The second-order valence-electron chi connectivity index (χ2n) is 9.25. The Balaban J connectivity index is 1.47. The van der Waals surface area contributed by atoms with E-state index in [0.29, 0.717) is 5.56 Å². The van der Waals surface area contributed by atoms with Gasteiger partial charge in [0.25, 0.3) is 5.78 Å². The molecule has 0 saturated carbocycles. The summed E-state index contributed by atoms with van der Waals surface area (Å²) in [5.41, 5.74) is 2.23. The molecule has 3 aromatic rings. The van der Waals surface area contributed by atoms with Crippen LogP contribution in [0, 0.1) is 0 Å². The second kappa shape index (κ2) is 14.1. The number of hydrogen-bond acceptors (Lipinski definition) is 7. The van der Waals surface area contributed by atoms with Gasteiger partial charge in [0.2, 0.25) is 11.8 Å². The monoisotopic (exact) mass is 575 g/mol. The Labute approximate surface area is 241 Å². The minimum atomic E-state index is -1.67. The number of ketones is 1. The highest BCUT2D eigenvalue weighted by Gasteiger charge is 2.43. The Morgan fingerprint density at radius 1 is 0.878 bits per heavy atom. The molecule has 3 N–H and O–H groups in total. The fourth-order valence-corrected chi connectivity index (χ4v) is 5.83. The SMILES string of the molecule is O=C(NCC(=O)N1C(c2ccccc2)SC[C@H]1C(=O)N[C@@H](Cc1ccccc1)C(=O)C(=O)O)OCc1ccccc1. The Kier molecular flexibility index (Phi) is 10.1. The minimum absolute atomic E-state index is 0.0254. The maximum Gasteiger partial charge on any atom is 0.407 e. The molecule has 1 unspecified atom stereocenters. The summed E-state index contributed by atoms with van der Waals surface area (Å²) in [7, 11) is 0. The lowest BCUT2D eigenvalue weighted by Crippen LogP contribution is -2.55. The van der Waals surface area contributed by atoms with Crippen LogP contribution in [0.15, 0.2) is 91.0 Å². The zero-order valence-electron chi connectivity index (χ0n) is 22.0. The first-order chi connectivity index (χ1) is 19.8. The van der Waals surface area contributed by atoms with Crippen LogP contribution in [0.1, 0.15) is 22.1 Å². The first kappa shape index (κ1) is 29.3. The molecule has 41 heavy (non-hydrogen) atoms. The van der Waals surface area contributed by atoms with E-state index in [9.17, 15) is 29.1 Å². The van der Waals surface area contributed by atoms with Gasteiger partial charge in [-0.25, -0.2) is 9.59 Å². The molecular formula is C30H29N3O7S. The summed E-state index contributed by atoms with van der Waals surface area (Å²) < 4.78 is 5.19. The number of Topliss-reactive ketones (excluding diaryl/α,β-unsaturated/α-hetero) is 1. The third kappa shape index (κ3) is 7.95. The van der Waals surface area contributed by atoms with Gasteiger partial charge in [-0.3, -0.25) is 14.4 Å². The number of nitrogens with one attached hydrogen (secondary N) is 2. The number of amides is 3. The van der Waals surface area contributed by atoms with E-state index in [1.165, 1.54) is 16.7 Å². The number of carboxylic acid groups (broad SMARTS) is 1. The third-order valence-electron chi connectivity index (χ3n) is 6.40.